The zero-order chi connectivity index (χ0) is 30.2. The Hall–Kier alpha value is -3.14. The summed E-state index contributed by atoms with van der Waals surface area (Å²) in [4.78, 5) is 28.5. The summed E-state index contributed by atoms with van der Waals surface area (Å²) < 4.78 is 42.4. The molecular formula is C30H34Cl2FN3O4S. The highest BCUT2D eigenvalue weighted by atomic mass is 35.5. The molecule has 0 saturated carbocycles. The lowest BCUT2D eigenvalue weighted by Gasteiger charge is -2.33. The third kappa shape index (κ3) is 8.44. The molecule has 2 amide bonds. The van der Waals surface area contributed by atoms with E-state index >= 15 is 0 Å². The number of hydrogen-bond acceptors (Lipinski definition) is 4. The highest BCUT2D eigenvalue weighted by Crippen LogP contribution is 2.33. The number of sulfonamides is 1. The van der Waals surface area contributed by atoms with Crippen LogP contribution in [-0.2, 0) is 26.2 Å². The largest absolute Gasteiger partial charge is 0.354 e. The van der Waals surface area contributed by atoms with Crippen LogP contribution in [0.15, 0.2) is 71.6 Å². The number of carbonyl (C=O) groups is 2. The maximum Gasteiger partial charge on any atom is 0.264 e. The van der Waals surface area contributed by atoms with Crippen molar-refractivity contribution >= 4 is 50.7 Å². The molecule has 41 heavy (non-hydrogen) atoms. The molecule has 0 fully saturated rings. The Morgan fingerprint density at radius 3 is 2.24 bits per heavy atom. The van der Waals surface area contributed by atoms with E-state index < -0.39 is 34.3 Å². The lowest BCUT2D eigenvalue weighted by atomic mass is 10.1. The predicted molar refractivity (Wildman–Crippen MR) is 161 cm³/mol. The number of benzene rings is 3. The Bertz CT molecular complexity index is 1450. The van der Waals surface area contributed by atoms with Crippen molar-refractivity contribution in [2.24, 2.45) is 0 Å². The first-order valence-corrected chi connectivity index (χ1v) is 15.5. The molecule has 1 atom stereocenters. The fourth-order valence-corrected chi connectivity index (χ4v) is 6.10. The second-order valence-corrected chi connectivity index (χ2v) is 12.3. The normalized spacial score (nSPS) is 12.0. The Balaban J connectivity index is 2.07. The van der Waals surface area contributed by atoms with Gasteiger partial charge in [0.1, 0.15) is 18.4 Å². The van der Waals surface area contributed by atoms with Crippen LogP contribution in [0.5, 0.6) is 0 Å². The van der Waals surface area contributed by atoms with E-state index in [0.29, 0.717) is 12.1 Å². The van der Waals surface area contributed by atoms with Crippen molar-refractivity contribution in [2.75, 3.05) is 17.4 Å². The second kappa shape index (κ2) is 14.7. The third-order valence-electron chi connectivity index (χ3n) is 6.55. The molecule has 0 aromatic heterocycles. The number of hydrogen-bond donors (Lipinski definition) is 1. The number of nitrogens with zero attached hydrogens (tertiary/aromatic N) is 2. The molecule has 3 rings (SSSR count). The van der Waals surface area contributed by atoms with Gasteiger partial charge in [-0.1, -0.05) is 73.3 Å². The first-order chi connectivity index (χ1) is 19.5. The quantitative estimate of drug-likeness (QED) is 0.225. The van der Waals surface area contributed by atoms with E-state index in [1.165, 1.54) is 59.5 Å². The van der Waals surface area contributed by atoms with Gasteiger partial charge in [0.15, 0.2) is 0 Å². The molecule has 0 aliphatic heterocycles. The number of halogens is 3. The van der Waals surface area contributed by atoms with Crippen LogP contribution in [0.2, 0.25) is 10.0 Å². The Morgan fingerprint density at radius 2 is 1.63 bits per heavy atom. The van der Waals surface area contributed by atoms with Crippen LogP contribution in [-0.4, -0.2) is 44.3 Å². The molecular weight excluding hydrogens is 588 g/mol. The minimum atomic E-state index is -4.29. The molecule has 0 aliphatic carbocycles. The standard InChI is InChI=1S/C30H34Cl2FN3O4S/c1-4-6-17-34-30(38)27(5-2)35(19-22-9-12-24(33)13-10-22)29(37)20-36(28-18-23(31)11-16-26(28)32)41(39,40)25-14-7-21(3)8-15-25/h7-16,18,27H,4-6,17,19-20H2,1-3H3,(H,34,38)/t27-/m0/s1. The SMILES string of the molecule is CCCCNC(=O)[C@H](CC)N(Cc1ccc(F)cc1)C(=O)CN(c1cc(Cl)ccc1Cl)S(=O)(=O)c1ccc(C)cc1. The van der Waals surface area contributed by atoms with E-state index in [0.717, 1.165) is 22.7 Å². The van der Waals surface area contributed by atoms with Crippen molar-refractivity contribution in [3.8, 4) is 0 Å². The Kier molecular flexibility index (Phi) is 11.6. The Morgan fingerprint density at radius 1 is 0.976 bits per heavy atom. The van der Waals surface area contributed by atoms with E-state index in [4.69, 9.17) is 23.2 Å². The summed E-state index contributed by atoms with van der Waals surface area (Å²) in [6.45, 7) is 5.34. The van der Waals surface area contributed by atoms with Crippen LogP contribution in [0, 0.1) is 12.7 Å². The summed E-state index contributed by atoms with van der Waals surface area (Å²) in [5, 5.41) is 3.17. The molecule has 3 aromatic carbocycles. The fraction of sp³-hybridized carbons (Fsp3) is 0.333. The number of aryl methyl sites for hydroxylation is 1. The van der Waals surface area contributed by atoms with Gasteiger partial charge in [-0.2, -0.15) is 0 Å². The molecule has 0 heterocycles. The summed E-state index contributed by atoms with van der Waals surface area (Å²) in [6, 6.07) is 15.2. The number of nitrogens with one attached hydrogen (secondary N) is 1. The maximum atomic E-state index is 14.1. The Labute approximate surface area is 251 Å². The summed E-state index contributed by atoms with van der Waals surface area (Å²) in [7, 11) is -4.29. The number of carbonyl (C=O) groups excluding carboxylic acids is 2. The average Bonchev–Trinajstić information content (AvgIpc) is 2.94. The molecule has 0 saturated heterocycles. The van der Waals surface area contributed by atoms with Crippen molar-refractivity contribution in [1.82, 2.24) is 10.2 Å². The van der Waals surface area contributed by atoms with Gasteiger partial charge in [-0.25, -0.2) is 12.8 Å². The van der Waals surface area contributed by atoms with Gasteiger partial charge in [0.2, 0.25) is 11.8 Å². The van der Waals surface area contributed by atoms with Crippen molar-refractivity contribution in [3.05, 3.63) is 93.7 Å². The molecule has 7 nitrogen and oxygen atoms in total. The average molecular weight is 623 g/mol. The topological polar surface area (TPSA) is 86.8 Å². The van der Waals surface area contributed by atoms with E-state index in [-0.39, 0.29) is 39.5 Å². The molecule has 0 bridgehead atoms. The summed E-state index contributed by atoms with van der Waals surface area (Å²) in [5.41, 5.74) is 1.46. The zero-order valence-corrected chi connectivity index (χ0v) is 25.6. The van der Waals surface area contributed by atoms with Crippen molar-refractivity contribution < 1.29 is 22.4 Å². The number of unbranched alkanes of at least 4 members (excludes halogenated alkanes) is 1. The first kappa shape index (κ1) is 32.4. The van der Waals surface area contributed by atoms with E-state index in [1.54, 1.807) is 19.1 Å². The van der Waals surface area contributed by atoms with Crippen molar-refractivity contribution in [1.29, 1.82) is 0 Å². The number of rotatable bonds is 13. The smallest absolute Gasteiger partial charge is 0.264 e. The van der Waals surface area contributed by atoms with Crippen LogP contribution in [0.4, 0.5) is 10.1 Å². The number of amides is 2. The van der Waals surface area contributed by atoms with Gasteiger partial charge in [0, 0.05) is 18.1 Å². The fourth-order valence-electron chi connectivity index (χ4n) is 4.24. The predicted octanol–water partition coefficient (Wildman–Crippen LogP) is 6.36. The highest BCUT2D eigenvalue weighted by Gasteiger charge is 2.34. The monoisotopic (exact) mass is 621 g/mol. The lowest BCUT2D eigenvalue weighted by molar-refractivity contribution is -0.140. The first-order valence-electron chi connectivity index (χ1n) is 13.3. The minimum absolute atomic E-state index is 0.0234. The van der Waals surface area contributed by atoms with Crippen LogP contribution in [0.1, 0.15) is 44.2 Å². The molecule has 220 valence electrons. The van der Waals surface area contributed by atoms with Crippen LogP contribution in [0.3, 0.4) is 0 Å². The van der Waals surface area contributed by atoms with Crippen molar-refractivity contribution in [2.45, 2.75) is 57.5 Å². The van der Waals surface area contributed by atoms with Crippen LogP contribution >= 0.6 is 23.2 Å². The molecule has 1 N–H and O–H groups in total. The van der Waals surface area contributed by atoms with Gasteiger partial charge in [-0.05, 0) is 67.8 Å². The highest BCUT2D eigenvalue weighted by molar-refractivity contribution is 7.92. The zero-order valence-electron chi connectivity index (χ0n) is 23.2. The molecule has 11 heteroatoms. The van der Waals surface area contributed by atoms with Crippen molar-refractivity contribution in [3.63, 3.8) is 0 Å². The van der Waals surface area contributed by atoms with Gasteiger partial charge in [0.25, 0.3) is 10.0 Å². The molecule has 3 aromatic rings. The van der Waals surface area contributed by atoms with E-state index in [1.807, 2.05) is 13.8 Å². The molecule has 0 aliphatic rings. The van der Waals surface area contributed by atoms with Crippen LogP contribution in [0.25, 0.3) is 0 Å². The van der Waals surface area contributed by atoms with Crippen LogP contribution < -0.4 is 9.62 Å². The van der Waals surface area contributed by atoms with Gasteiger partial charge >= 0.3 is 0 Å². The van der Waals surface area contributed by atoms with Gasteiger partial charge < -0.3 is 10.2 Å². The third-order valence-corrected chi connectivity index (χ3v) is 8.88. The number of anilines is 1. The maximum absolute atomic E-state index is 14.1. The van der Waals surface area contributed by atoms with E-state index in [2.05, 4.69) is 5.32 Å². The summed E-state index contributed by atoms with van der Waals surface area (Å²) >= 11 is 12.7. The summed E-state index contributed by atoms with van der Waals surface area (Å²) in [5.74, 6) is -1.44. The molecule has 0 spiro atoms. The second-order valence-electron chi connectivity index (χ2n) is 9.64. The van der Waals surface area contributed by atoms with Gasteiger partial charge in [0.05, 0.1) is 15.6 Å². The molecule has 0 radical (unpaired) electrons. The summed E-state index contributed by atoms with van der Waals surface area (Å²) in [6.07, 6.45) is 1.92. The van der Waals surface area contributed by atoms with E-state index in [9.17, 15) is 22.4 Å². The molecule has 0 unspecified atom stereocenters. The van der Waals surface area contributed by atoms with Gasteiger partial charge in [-0.3, -0.25) is 13.9 Å². The minimum Gasteiger partial charge on any atom is -0.354 e. The lowest BCUT2D eigenvalue weighted by Crippen LogP contribution is -2.52. The van der Waals surface area contributed by atoms with Gasteiger partial charge in [-0.15, -0.1) is 0 Å².